The molecule has 1 aliphatic heterocycles. The third-order valence-corrected chi connectivity index (χ3v) is 4.07. The maximum Gasteiger partial charge on any atom is 0.269 e. The van der Waals surface area contributed by atoms with E-state index in [9.17, 15) is 14.9 Å². The van der Waals surface area contributed by atoms with E-state index >= 15 is 0 Å². The first-order valence-corrected chi connectivity index (χ1v) is 8.01. The molecule has 1 heterocycles. The number of nitrogens with zero attached hydrogens (tertiary/aromatic N) is 2. The van der Waals surface area contributed by atoms with E-state index in [1.54, 1.807) is 23.1 Å². The molecule has 0 bridgehead atoms. The first kappa shape index (κ1) is 16.9. The Hall–Kier alpha value is -2.99. The first-order chi connectivity index (χ1) is 12.1. The Morgan fingerprint density at radius 3 is 2.56 bits per heavy atom. The molecule has 1 aliphatic rings. The minimum absolute atomic E-state index is 0.0300. The average Bonchev–Trinajstić information content (AvgIpc) is 2.67. The van der Waals surface area contributed by atoms with Crippen molar-refractivity contribution in [2.45, 2.75) is 6.10 Å². The molecular weight excluding hydrogens is 320 g/mol. The Balaban J connectivity index is 1.63. The summed E-state index contributed by atoms with van der Waals surface area (Å²) in [5, 5.41) is 10.6. The fourth-order valence-electron chi connectivity index (χ4n) is 2.70. The summed E-state index contributed by atoms with van der Waals surface area (Å²) in [6.07, 6.45) is 3.04. The number of nitro groups is 1. The fourth-order valence-corrected chi connectivity index (χ4v) is 2.70. The number of amides is 1. The second-order valence-corrected chi connectivity index (χ2v) is 5.74. The zero-order valence-electron chi connectivity index (χ0n) is 13.6. The zero-order chi connectivity index (χ0) is 17.6. The highest BCUT2D eigenvalue weighted by molar-refractivity contribution is 5.91. The maximum absolute atomic E-state index is 12.4. The molecule has 1 fully saturated rings. The van der Waals surface area contributed by atoms with Crippen LogP contribution in [0.3, 0.4) is 0 Å². The fraction of sp³-hybridized carbons (Fsp3) is 0.211. The molecule has 3 rings (SSSR count). The summed E-state index contributed by atoms with van der Waals surface area (Å²) in [6, 6.07) is 15.9. The third-order valence-electron chi connectivity index (χ3n) is 4.07. The topological polar surface area (TPSA) is 72.7 Å². The summed E-state index contributed by atoms with van der Waals surface area (Å²) in [5.74, 6) is -0.0948. The molecule has 6 nitrogen and oxygen atoms in total. The van der Waals surface area contributed by atoms with Gasteiger partial charge in [0.05, 0.1) is 18.1 Å². The number of nitro benzene ring substituents is 1. The predicted molar refractivity (Wildman–Crippen MR) is 93.8 cm³/mol. The molecule has 1 atom stereocenters. The van der Waals surface area contributed by atoms with Gasteiger partial charge in [0.2, 0.25) is 5.91 Å². The van der Waals surface area contributed by atoms with Crippen LogP contribution in [0.25, 0.3) is 6.08 Å². The summed E-state index contributed by atoms with van der Waals surface area (Å²) in [6.45, 7) is 1.55. The van der Waals surface area contributed by atoms with Gasteiger partial charge >= 0.3 is 0 Å². The van der Waals surface area contributed by atoms with Crippen molar-refractivity contribution in [1.29, 1.82) is 0 Å². The van der Waals surface area contributed by atoms with Gasteiger partial charge in [0.1, 0.15) is 6.10 Å². The number of carbonyl (C=O) groups excluding carboxylic acids is 1. The molecular formula is C19H18N2O4. The quantitative estimate of drug-likeness (QED) is 0.487. The van der Waals surface area contributed by atoms with E-state index in [0.29, 0.717) is 19.7 Å². The molecule has 6 heteroatoms. The molecule has 0 spiro atoms. The van der Waals surface area contributed by atoms with E-state index in [1.165, 1.54) is 18.2 Å². The predicted octanol–water partition coefficient (Wildman–Crippen LogP) is 3.21. The van der Waals surface area contributed by atoms with Gasteiger partial charge in [0.15, 0.2) is 0 Å². The van der Waals surface area contributed by atoms with Gasteiger partial charge in [-0.2, -0.15) is 0 Å². The summed E-state index contributed by atoms with van der Waals surface area (Å²) in [4.78, 5) is 24.4. The summed E-state index contributed by atoms with van der Waals surface area (Å²) >= 11 is 0. The van der Waals surface area contributed by atoms with E-state index in [0.717, 1.165) is 11.1 Å². The Morgan fingerprint density at radius 2 is 1.88 bits per heavy atom. The molecule has 2 aromatic carbocycles. The van der Waals surface area contributed by atoms with Crippen molar-refractivity contribution in [2.75, 3.05) is 19.7 Å². The van der Waals surface area contributed by atoms with Gasteiger partial charge in [0.25, 0.3) is 5.69 Å². The van der Waals surface area contributed by atoms with E-state index < -0.39 is 4.92 Å². The SMILES string of the molecule is O=C(/C=C/c1ccc([N+](=O)[O-])cc1)N1CCOC(c2ccccc2)C1. The average molecular weight is 338 g/mol. The number of morpholine rings is 1. The Bertz CT molecular complexity index is 772. The van der Waals surface area contributed by atoms with E-state index in [2.05, 4.69) is 0 Å². The van der Waals surface area contributed by atoms with Gasteiger partial charge in [0, 0.05) is 24.8 Å². The van der Waals surface area contributed by atoms with Gasteiger partial charge in [-0.15, -0.1) is 0 Å². The number of ether oxygens (including phenoxy) is 1. The molecule has 0 aliphatic carbocycles. The zero-order valence-corrected chi connectivity index (χ0v) is 13.6. The van der Waals surface area contributed by atoms with Crippen molar-refractivity contribution < 1.29 is 14.5 Å². The lowest BCUT2D eigenvalue weighted by Gasteiger charge is -2.32. The number of hydrogen-bond acceptors (Lipinski definition) is 4. The van der Waals surface area contributed by atoms with Crippen molar-refractivity contribution in [3.8, 4) is 0 Å². The van der Waals surface area contributed by atoms with Crippen LogP contribution in [-0.4, -0.2) is 35.4 Å². The Morgan fingerprint density at radius 1 is 1.16 bits per heavy atom. The van der Waals surface area contributed by atoms with Crippen molar-refractivity contribution in [3.05, 3.63) is 81.9 Å². The molecule has 1 unspecified atom stereocenters. The number of benzene rings is 2. The molecule has 128 valence electrons. The molecule has 1 amide bonds. The standard InChI is InChI=1S/C19H18N2O4/c22-19(11-8-15-6-9-17(10-7-15)21(23)24)20-12-13-25-18(14-20)16-4-2-1-3-5-16/h1-11,18H,12-14H2/b11-8+. The molecule has 1 saturated heterocycles. The minimum atomic E-state index is -0.448. The third kappa shape index (κ3) is 4.30. The van der Waals surface area contributed by atoms with Crippen LogP contribution in [0, 0.1) is 10.1 Å². The highest BCUT2D eigenvalue weighted by Crippen LogP contribution is 2.22. The number of carbonyl (C=O) groups is 1. The first-order valence-electron chi connectivity index (χ1n) is 8.01. The lowest BCUT2D eigenvalue weighted by atomic mass is 10.1. The van der Waals surface area contributed by atoms with Gasteiger partial charge in [-0.1, -0.05) is 30.3 Å². The van der Waals surface area contributed by atoms with Crippen molar-refractivity contribution in [1.82, 2.24) is 4.90 Å². The number of hydrogen-bond donors (Lipinski definition) is 0. The summed E-state index contributed by atoms with van der Waals surface area (Å²) in [5.41, 5.74) is 1.83. The van der Waals surface area contributed by atoms with Crippen LogP contribution in [0.15, 0.2) is 60.7 Å². The Labute approximate surface area is 145 Å². The van der Waals surface area contributed by atoms with Gasteiger partial charge in [-0.25, -0.2) is 0 Å². The van der Waals surface area contributed by atoms with Crippen LogP contribution in [0.1, 0.15) is 17.2 Å². The number of rotatable bonds is 4. The van der Waals surface area contributed by atoms with Crippen LogP contribution < -0.4 is 0 Å². The normalized spacial score (nSPS) is 17.6. The second-order valence-electron chi connectivity index (χ2n) is 5.74. The highest BCUT2D eigenvalue weighted by atomic mass is 16.6. The molecule has 0 aromatic heterocycles. The van der Waals surface area contributed by atoms with Gasteiger partial charge < -0.3 is 9.64 Å². The smallest absolute Gasteiger partial charge is 0.269 e. The van der Waals surface area contributed by atoms with Crippen LogP contribution in [-0.2, 0) is 9.53 Å². The molecule has 2 aromatic rings. The maximum atomic E-state index is 12.4. The lowest BCUT2D eigenvalue weighted by molar-refractivity contribution is -0.384. The summed E-state index contributed by atoms with van der Waals surface area (Å²) in [7, 11) is 0. The largest absolute Gasteiger partial charge is 0.370 e. The molecule has 0 N–H and O–H groups in total. The van der Waals surface area contributed by atoms with E-state index in [-0.39, 0.29) is 17.7 Å². The minimum Gasteiger partial charge on any atom is -0.370 e. The van der Waals surface area contributed by atoms with Crippen LogP contribution in [0.5, 0.6) is 0 Å². The van der Waals surface area contributed by atoms with Gasteiger partial charge in [-0.05, 0) is 29.3 Å². The number of non-ortho nitro benzene ring substituents is 1. The van der Waals surface area contributed by atoms with Crippen molar-refractivity contribution in [2.24, 2.45) is 0 Å². The molecule has 0 radical (unpaired) electrons. The Kier molecular flexibility index (Phi) is 5.20. The van der Waals surface area contributed by atoms with Gasteiger partial charge in [-0.3, -0.25) is 14.9 Å². The van der Waals surface area contributed by atoms with E-state index in [4.69, 9.17) is 4.74 Å². The van der Waals surface area contributed by atoms with Crippen molar-refractivity contribution >= 4 is 17.7 Å². The van der Waals surface area contributed by atoms with Crippen LogP contribution >= 0.6 is 0 Å². The molecule has 0 saturated carbocycles. The lowest BCUT2D eigenvalue weighted by Crippen LogP contribution is -2.41. The monoisotopic (exact) mass is 338 g/mol. The summed E-state index contributed by atoms with van der Waals surface area (Å²) < 4.78 is 5.76. The van der Waals surface area contributed by atoms with Crippen LogP contribution in [0.2, 0.25) is 0 Å². The van der Waals surface area contributed by atoms with Crippen LogP contribution in [0.4, 0.5) is 5.69 Å². The molecule has 25 heavy (non-hydrogen) atoms. The van der Waals surface area contributed by atoms with E-state index in [1.807, 2.05) is 30.3 Å². The highest BCUT2D eigenvalue weighted by Gasteiger charge is 2.24. The van der Waals surface area contributed by atoms with Crippen molar-refractivity contribution in [3.63, 3.8) is 0 Å². The second kappa shape index (κ2) is 7.72.